The number of anilines is 1. The molecule has 0 atom stereocenters. The number of fused-ring (bicyclic) bond motifs is 1. The summed E-state index contributed by atoms with van der Waals surface area (Å²) in [5, 5.41) is 0.947. The molecule has 0 fully saturated rings. The molecule has 2 N–H and O–H groups in total. The van der Waals surface area contributed by atoms with Gasteiger partial charge in [0.2, 0.25) is 0 Å². The van der Waals surface area contributed by atoms with Crippen molar-refractivity contribution in [2.24, 2.45) is 5.41 Å². The summed E-state index contributed by atoms with van der Waals surface area (Å²) in [6.45, 7) is 12.4. The van der Waals surface area contributed by atoms with Gasteiger partial charge in [0.15, 0.2) is 5.78 Å². The van der Waals surface area contributed by atoms with Crippen LogP contribution in [-0.2, 0) is 5.41 Å². The minimum atomic E-state index is -0.477. The Kier molecular flexibility index (Phi) is 4.59. The molecule has 0 amide bonds. The van der Waals surface area contributed by atoms with Crippen molar-refractivity contribution < 1.29 is 4.79 Å². The molecule has 0 spiro atoms. The zero-order chi connectivity index (χ0) is 20.0. The van der Waals surface area contributed by atoms with Crippen LogP contribution in [0.1, 0.15) is 57.5 Å². The molecule has 1 heterocycles. The molecule has 0 radical (unpaired) electrons. The molecule has 3 aromatic rings. The molecule has 27 heavy (non-hydrogen) atoms. The number of hydrogen-bond acceptors (Lipinski definition) is 3. The number of nitrogen functional groups attached to an aromatic ring is 1. The molecule has 3 nitrogen and oxygen atoms in total. The Morgan fingerprint density at radius 3 is 2.04 bits per heavy atom. The molecule has 0 saturated heterocycles. The van der Waals surface area contributed by atoms with E-state index in [0.717, 1.165) is 16.5 Å². The summed E-state index contributed by atoms with van der Waals surface area (Å²) < 4.78 is 0. The second-order valence-corrected chi connectivity index (χ2v) is 9.20. The minimum Gasteiger partial charge on any atom is -0.384 e. The summed E-state index contributed by atoms with van der Waals surface area (Å²) in [6.07, 6.45) is 0. The lowest BCUT2D eigenvalue weighted by Crippen LogP contribution is -2.20. The Bertz CT molecular complexity index is 1000. The van der Waals surface area contributed by atoms with Crippen molar-refractivity contribution in [2.75, 3.05) is 5.73 Å². The second-order valence-electron chi connectivity index (χ2n) is 9.20. The minimum absolute atomic E-state index is 0.0697. The Hall–Kier alpha value is -2.68. The fraction of sp³-hybridized carbons (Fsp3) is 0.333. The van der Waals surface area contributed by atoms with Gasteiger partial charge in [-0.3, -0.25) is 4.79 Å². The fourth-order valence-corrected chi connectivity index (χ4v) is 3.22. The van der Waals surface area contributed by atoms with Crippen molar-refractivity contribution >= 4 is 22.5 Å². The summed E-state index contributed by atoms with van der Waals surface area (Å²) in [7, 11) is 0. The molecule has 0 aliphatic carbocycles. The lowest BCUT2D eigenvalue weighted by Gasteiger charge is -2.20. The molecule has 140 valence electrons. The van der Waals surface area contributed by atoms with E-state index in [1.165, 1.54) is 5.56 Å². The molecular formula is C24H28N2O. The van der Waals surface area contributed by atoms with Crippen molar-refractivity contribution in [1.29, 1.82) is 0 Å². The van der Waals surface area contributed by atoms with E-state index < -0.39 is 5.41 Å². The molecule has 3 heteroatoms. The van der Waals surface area contributed by atoms with Gasteiger partial charge >= 0.3 is 0 Å². The summed E-state index contributed by atoms with van der Waals surface area (Å²) >= 11 is 0. The number of nitrogens with zero attached hydrogens (tertiary/aromatic N) is 1. The van der Waals surface area contributed by atoms with E-state index in [2.05, 4.69) is 50.0 Å². The van der Waals surface area contributed by atoms with Gasteiger partial charge in [-0.25, -0.2) is 4.98 Å². The summed E-state index contributed by atoms with van der Waals surface area (Å²) in [5.74, 6) is 0.492. The maximum Gasteiger partial charge on any atom is 0.170 e. The molecule has 0 aliphatic heterocycles. The van der Waals surface area contributed by atoms with Crippen molar-refractivity contribution in [2.45, 2.75) is 47.0 Å². The third kappa shape index (κ3) is 3.73. The Morgan fingerprint density at radius 1 is 0.852 bits per heavy atom. The summed E-state index contributed by atoms with van der Waals surface area (Å²) in [6, 6.07) is 16.3. The van der Waals surface area contributed by atoms with Gasteiger partial charge in [-0.05, 0) is 40.3 Å². The molecule has 0 bridgehead atoms. The van der Waals surface area contributed by atoms with Crippen LogP contribution in [0.5, 0.6) is 0 Å². The highest BCUT2D eigenvalue weighted by Crippen LogP contribution is 2.34. The van der Waals surface area contributed by atoms with Crippen LogP contribution < -0.4 is 5.73 Å². The summed E-state index contributed by atoms with van der Waals surface area (Å²) in [5.41, 5.74) is 10.3. The predicted molar refractivity (Wildman–Crippen MR) is 114 cm³/mol. The standard InChI is InChI=1S/C24H28N2O/c1-23(2,3)16-9-7-15(8-10-16)17-11-12-19(22(27)24(4,5)6)21-18(17)13-14-20(25)26-21/h7-14H,1-6H3,(H2,25,26). The predicted octanol–water partition coefficient (Wildman–Crippen LogP) is 6.01. The van der Waals surface area contributed by atoms with Gasteiger partial charge in [-0.2, -0.15) is 0 Å². The number of nitrogens with two attached hydrogens (primary N) is 1. The highest BCUT2D eigenvalue weighted by molar-refractivity contribution is 6.12. The van der Waals surface area contributed by atoms with Crippen molar-refractivity contribution in [3.63, 3.8) is 0 Å². The number of carbonyl (C=O) groups is 1. The molecule has 2 aromatic carbocycles. The lowest BCUT2D eigenvalue weighted by atomic mass is 9.84. The third-order valence-electron chi connectivity index (χ3n) is 4.87. The maximum absolute atomic E-state index is 12.9. The Morgan fingerprint density at radius 2 is 1.48 bits per heavy atom. The Labute approximate surface area is 161 Å². The van der Waals surface area contributed by atoms with E-state index in [1.54, 1.807) is 6.07 Å². The van der Waals surface area contributed by atoms with Crippen LogP contribution in [0.4, 0.5) is 5.82 Å². The van der Waals surface area contributed by atoms with Crippen LogP contribution in [0.2, 0.25) is 0 Å². The molecule has 0 aliphatic rings. The van der Waals surface area contributed by atoms with Crippen LogP contribution in [0.25, 0.3) is 22.0 Å². The Balaban J connectivity index is 2.20. The first kappa shape index (κ1) is 19.1. The van der Waals surface area contributed by atoms with E-state index in [0.29, 0.717) is 16.9 Å². The van der Waals surface area contributed by atoms with Gasteiger partial charge in [0.25, 0.3) is 0 Å². The molecular weight excluding hydrogens is 332 g/mol. The highest BCUT2D eigenvalue weighted by Gasteiger charge is 2.26. The van der Waals surface area contributed by atoms with Gasteiger partial charge in [-0.1, -0.05) is 71.9 Å². The average Bonchev–Trinajstić information content (AvgIpc) is 2.58. The zero-order valence-corrected chi connectivity index (χ0v) is 17.1. The van der Waals surface area contributed by atoms with Crippen LogP contribution in [-0.4, -0.2) is 10.8 Å². The monoisotopic (exact) mass is 360 g/mol. The number of rotatable bonds is 2. The van der Waals surface area contributed by atoms with E-state index in [4.69, 9.17) is 5.73 Å². The van der Waals surface area contributed by atoms with Crippen molar-refractivity contribution in [1.82, 2.24) is 4.98 Å². The van der Waals surface area contributed by atoms with E-state index in [9.17, 15) is 4.79 Å². The summed E-state index contributed by atoms with van der Waals surface area (Å²) in [4.78, 5) is 17.4. The van der Waals surface area contributed by atoms with Gasteiger partial charge in [0.1, 0.15) is 5.82 Å². The van der Waals surface area contributed by atoms with Crippen molar-refractivity contribution in [3.05, 3.63) is 59.7 Å². The van der Waals surface area contributed by atoms with E-state index >= 15 is 0 Å². The average molecular weight is 361 g/mol. The SMILES string of the molecule is CC(C)(C)C(=O)c1ccc(-c2ccc(C(C)(C)C)cc2)c2ccc(N)nc12. The zero-order valence-electron chi connectivity index (χ0n) is 17.1. The van der Waals surface area contributed by atoms with Gasteiger partial charge in [-0.15, -0.1) is 0 Å². The lowest BCUT2D eigenvalue weighted by molar-refractivity contribution is 0.0860. The fourth-order valence-electron chi connectivity index (χ4n) is 3.22. The van der Waals surface area contributed by atoms with Crippen LogP contribution in [0.3, 0.4) is 0 Å². The first-order chi connectivity index (χ1) is 12.5. The number of benzene rings is 2. The number of ketones is 1. The van der Waals surface area contributed by atoms with E-state index in [-0.39, 0.29) is 11.2 Å². The topological polar surface area (TPSA) is 56.0 Å². The van der Waals surface area contributed by atoms with E-state index in [1.807, 2.05) is 39.0 Å². The van der Waals surface area contributed by atoms with Gasteiger partial charge in [0, 0.05) is 16.4 Å². The maximum atomic E-state index is 12.9. The third-order valence-corrected chi connectivity index (χ3v) is 4.87. The second kappa shape index (κ2) is 6.49. The molecule has 0 saturated carbocycles. The largest absolute Gasteiger partial charge is 0.384 e. The first-order valence-electron chi connectivity index (χ1n) is 9.33. The van der Waals surface area contributed by atoms with Crippen LogP contribution in [0.15, 0.2) is 48.5 Å². The van der Waals surface area contributed by atoms with Crippen LogP contribution >= 0.6 is 0 Å². The van der Waals surface area contributed by atoms with Gasteiger partial charge in [0.05, 0.1) is 5.52 Å². The first-order valence-corrected chi connectivity index (χ1v) is 9.33. The number of hydrogen-bond donors (Lipinski definition) is 1. The molecule has 0 unspecified atom stereocenters. The smallest absolute Gasteiger partial charge is 0.170 e. The highest BCUT2D eigenvalue weighted by atomic mass is 16.1. The quantitative estimate of drug-likeness (QED) is 0.569. The molecule has 3 rings (SSSR count). The normalized spacial score (nSPS) is 12.4. The number of Topliss-reactive ketones (excluding diaryl/α,β-unsaturated/α-hetero) is 1. The number of carbonyl (C=O) groups excluding carboxylic acids is 1. The number of aromatic nitrogens is 1. The number of pyridine rings is 1. The van der Waals surface area contributed by atoms with Crippen molar-refractivity contribution in [3.8, 4) is 11.1 Å². The van der Waals surface area contributed by atoms with Crippen LogP contribution in [0, 0.1) is 5.41 Å². The molecule has 1 aromatic heterocycles. The van der Waals surface area contributed by atoms with Gasteiger partial charge < -0.3 is 5.73 Å².